The molecule has 0 aliphatic carbocycles. The van der Waals surface area contributed by atoms with E-state index in [9.17, 15) is 4.79 Å². The molecule has 0 aromatic heterocycles. The standard InChI is InChI=1S/C14H22N2O3/c1-2-9-18-12-5-7-16(8-6-12)14(17)15-11-13-4-3-10-19-13/h1,12-13H,3-11H2,(H,15,17)/t13-/m1/s1. The molecule has 19 heavy (non-hydrogen) atoms. The number of carbonyl (C=O) groups excluding carboxylic acids is 1. The number of nitrogens with one attached hydrogen (secondary N) is 1. The van der Waals surface area contributed by atoms with Crippen molar-refractivity contribution in [1.82, 2.24) is 10.2 Å². The zero-order chi connectivity index (χ0) is 13.5. The lowest BCUT2D eigenvalue weighted by atomic mass is 10.1. The third-order valence-corrected chi connectivity index (χ3v) is 3.64. The van der Waals surface area contributed by atoms with Crippen molar-refractivity contribution in [1.29, 1.82) is 0 Å². The number of amides is 2. The van der Waals surface area contributed by atoms with Gasteiger partial charge in [-0.05, 0) is 25.7 Å². The van der Waals surface area contributed by atoms with Gasteiger partial charge >= 0.3 is 6.03 Å². The summed E-state index contributed by atoms with van der Waals surface area (Å²) in [5.41, 5.74) is 0. The Labute approximate surface area is 114 Å². The van der Waals surface area contributed by atoms with E-state index in [0.717, 1.165) is 45.4 Å². The lowest BCUT2D eigenvalue weighted by Crippen LogP contribution is -2.47. The van der Waals surface area contributed by atoms with E-state index in [2.05, 4.69) is 11.2 Å². The quantitative estimate of drug-likeness (QED) is 0.772. The molecule has 0 spiro atoms. The van der Waals surface area contributed by atoms with Gasteiger partial charge in [-0.15, -0.1) is 6.42 Å². The maximum Gasteiger partial charge on any atom is 0.317 e. The number of urea groups is 1. The van der Waals surface area contributed by atoms with E-state index >= 15 is 0 Å². The van der Waals surface area contributed by atoms with E-state index in [-0.39, 0.29) is 18.2 Å². The number of rotatable bonds is 4. The Morgan fingerprint density at radius 2 is 2.21 bits per heavy atom. The number of hydrogen-bond acceptors (Lipinski definition) is 3. The first-order valence-electron chi connectivity index (χ1n) is 6.99. The van der Waals surface area contributed by atoms with Gasteiger partial charge in [0.1, 0.15) is 6.61 Å². The Hall–Kier alpha value is -1.25. The minimum absolute atomic E-state index is 0.00546. The Morgan fingerprint density at radius 3 is 2.84 bits per heavy atom. The highest BCUT2D eigenvalue weighted by Gasteiger charge is 2.24. The Morgan fingerprint density at radius 1 is 1.42 bits per heavy atom. The van der Waals surface area contributed by atoms with Gasteiger partial charge in [-0.2, -0.15) is 0 Å². The topological polar surface area (TPSA) is 50.8 Å². The summed E-state index contributed by atoms with van der Waals surface area (Å²) in [6.45, 7) is 3.25. The van der Waals surface area contributed by atoms with Crippen LogP contribution in [0.5, 0.6) is 0 Å². The van der Waals surface area contributed by atoms with Gasteiger partial charge in [-0.1, -0.05) is 5.92 Å². The fraction of sp³-hybridized carbons (Fsp3) is 0.786. The van der Waals surface area contributed by atoms with Crippen LogP contribution in [0.25, 0.3) is 0 Å². The number of hydrogen-bond donors (Lipinski definition) is 1. The molecule has 5 nitrogen and oxygen atoms in total. The summed E-state index contributed by atoms with van der Waals surface area (Å²) in [5, 5.41) is 2.94. The fourth-order valence-electron chi connectivity index (χ4n) is 2.51. The second-order valence-corrected chi connectivity index (χ2v) is 5.02. The van der Waals surface area contributed by atoms with Crippen molar-refractivity contribution in [2.24, 2.45) is 0 Å². The Balaban J connectivity index is 1.63. The number of terminal acetylenes is 1. The first-order chi connectivity index (χ1) is 9.29. The minimum Gasteiger partial charge on any atom is -0.376 e. The highest BCUT2D eigenvalue weighted by atomic mass is 16.5. The van der Waals surface area contributed by atoms with Crippen molar-refractivity contribution in [3.8, 4) is 12.3 Å². The molecular weight excluding hydrogens is 244 g/mol. The average molecular weight is 266 g/mol. The van der Waals surface area contributed by atoms with Gasteiger partial charge < -0.3 is 19.7 Å². The van der Waals surface area contributed by atoms with E-state index in [1.165, 1.54) is 0 Å². The molecule has 0 bridgehead atoms. The van der Waals surface area contributed by atoms with Gasteiger partial charge in [0.25, 0.3) is 0 Å². The van der Waals surface area contributed by atoms with Crippen LogP contribution in [0.15, 0.2) is 0 Å². The predicted molar refractivity (Wildman–Crippen MR) is 71.8 cm³/mol. The second-order valence-electron chi connectivity index (χ2n) is 5.02. The molecule has 0 unspecified atom stereocenters. The lowest BCUT2D eigenvalue weighted by molar-refractivity contribution is 0.0323. The molecule has 2 aliphatic heterocycles. The first-order valence-corrected chi connectivity index (χ1v) is 6.99. The van der Waals surface area contributed by atoms with E-state index in [0.29, 0.717) is 13.2 Å². The molecule has 2 rings (SSSR count). The van der Waals surface area contributed by atoms with Crippen molar-refractivity contribution in [3.05, 3.63) is 0 Å². The number of nitrogens with zero attached hydrogens (tertiary/aromatic N) is 1. The van der Waals surface area contributed by atoms with Gasteiger partial charge in [0, 0.05) is 26.2 Å². The van der Waals surface area contributed by atoms with Gasteiger partial charge in [-0.25, -0.2) is 4.79 Å². The summed E-state index contributed by atoms with van der Waals surface area (Å²) in [5.74, 6) is 2.47. The molecule has 0 aromatic carbocycles. The Bertz CT molecular complexity index is 326. The monoisotopic (exact) mass is 266 g/mol. The largest absolute Gasteiger partial charge is 0.376 e. The van der Waals surface area contributed by atoms with Crippen LogP contribution in [0.1, 0.15) is 25.7 Å². The van der Waals surface area contributed by atoms with Crippen molar-refractivity contribution in [2.45, 2.75) is 37.9 Å². The normalized spacial score (nSPS) is 24.2. The molecule has 1 N–H and O–H groups in total. The lowest BCUT2D eigenvalue weighted by Gasteiger charge is -2.31. The SMILES string of the molecule is C#CCOC1CCN(C(=O)NC[C@H]2CCCO2)CC1. The molecule has 0 aromatic rings. The summed E-state index contributed by atoms with van der Waals surface area (Å²) in [6, 6.07) is 0.00546. The van der Waals surface area contributed by atoms with Crippen LogP contribution in [0, 0.1) is 12.3 Å². The van der Waals surface area contributed by atoms with Crippen LogP contribution in [0.2, 0.25) is 0 Å². The highest BCUT2D eigenvalue weighted by Crippen LogP contribution is 2.14. The van der Waals surface area contributed by atoms with E-state index in [4.69, 9.17) is 15.9 Å². The number of piperidine rings is 1. The first kappa shape index (κ1) is 14.2. The maximum atomic E-state index is 12.0. The van der Waals surface area contributed by atoms with Gasteiger partial charge in [0.2, 0.25) is 0 Å². The van der Waals surface area contributed by atoms with Crippen LogP contribution >= 0.6 is 0 Å². The highest BCUT2D eigenvalue weighted by molar-refractivity contribution is 5.74. The zero-order valence-electron chi connectivity index (χ0n) is 11.3. The van der Waals surface area contributed by atoms with Gasteiger partial charge in [0.15, 0.2) is 0 Å². The molecular formula is C14H22N2O3. The van der Waals surface area contributed by atoms with E-state index < -0.39 is 0 Å². The fourth-order valence-corrected chi connectivity index (χ4v) is 2.51. The van der Waals surface area contributed by atoms with E-state index in [1.54, 1.807) is 0 Å². The summed E-state index contributed by atoms with van der Waals surface area (Å²) < 4.78 is 11.0. The molecule has 5 heteroatoms. The third-order valence-electron chi connectivity index (χ3n) is 3.64. The number of carbonyl (C=O) groups is 1. The molecule has 2 fully saturated rings. The molecule has 106 valence electrons. The number of ether oxygens (including phenoxy) is 2. The molecule has 2 heterocycles. The van der Waals surface area contributed by atoms with Crippen molar-refractivity contribution < 1.29 is 14.3 Å². The predicted octanol–water partition coefficient (Wildman–Crippen LogP) is 0.989. The average Bonchev–Trinajstić information content (AvgIpc) is 2.96. The van der Waals surface area contributed by atoms with Crippen LogP contribution in [-0.4, -0.2) is 56.0 Å². The molecule has 2 amide bonds. The van der Waals surface area contributed by atoms with Crippen LogP contribution in [0.3, 0.4) is 0 Å². The van der Waals surface area contributed by atoms with Gasteiger partial charge in [-0.3, -0.25) is 0 Å². The van der Waals surface area contributed by atoms with Crippen LogP contribution < -0.4 is 5.32 Å². The molecule has 2 aliphatic rings. The summed E-state index contributed by atoms with van der Waals surface area (Å²) in [6.07, 6.45) is 9.40. The molecule has 1 atom stereocenters. The third kappa shape index (κ3) is 4.41. The summed E-state index contributed by atoms with van der Waals surface area (Å²) >= 11 is 0. The van der Waals surface area contributed by atoms with Crippen molar-refractivity contribution in [3.63, 3.8) is 0 Å². The van der Waals surface area contributed by atoms with Gasteiger partial charge in [0.05, 0.1) is 12.2 Å². The van der Waals surface area contributed by atoms with Crippen molar-refractivity contribution in [2.75, 3.05) is 32.8 Å². The molecule has 0 saturated carbocycles. The van der Waals surface area contributed by atoms with Crippen molar-refractivity contribution >= 4 is 6.03 Å². The smallest absolute Gasteiger partial charge is 0.317 e. The molecule has 0 radical (unpaired) electrons. The second kappa shape index (κ2) is 7.37. The number of likely N-dealkylation sites (tertiary alicyclic amines) is 1. The Kier molecular flexibility index (Phi) is 5.49. The van der Waals surface area contributed by atoms with Crippen LogP contribution in [0.4, 0.5) is 4.79 Å². The van der Waals surface area contributed by atoms with Crippen LogP contribution in [-0.2, 0) is 9.47 Å². The summed E-state index contributed by atoms with van der Waals surface area (Å²) in [7, 11) is 0. The maximum absolute atomic E-state index is 12.0. The zero-order valence-corrected chi connectivity index (χ0v) is 11.3. The molecule has 2 saturated heterocycles. The van der Waals surface area contributed by atoms with E-state index in [1.807, 2.05) is 4.90 Å². The summed E-state index contributed by atoms with van der Waals surface area (Å²) in [4.78, 5) is 13.8. The minimum atomic E-state index is 0.00546.